The van der Waals surface area contributed by atoms with E-state index in [9.17, 15) is 4.79 Å². The van der Waals surface area contributed by atoms with Crippen LogP contribution in [0.5, 0.6) is 0 Å². The molecule has 1 N–H and O–H groups in total. The Morgan fingerprint density at radius 2 is 2.04 bits per heavy atom. The van der Waals surface area contributed by atoms with Crippen LogP contribution in [0.15, 0.2) is 55.0 Å². The summed E-state index contributed by atoms with van der Waals surface area (Å²) in [6.07, 6.45) is 5.42. The van der Waals surface area contributed by atoms with E-state index in [1.807, 2.05) is 56.4 Å². The van der Waals surface area contributed by atoms with Crippen molar-refractivity contribution in [2.45, 2.75) is 13.8 Å². The van der Waals surface area contributed by atoms with Gasteiger partial charge in [0.2, 0.25) is 0 Å². The van der Waals surface area contributed by atoms with Gasteiger partial charge < -0.3 is 9.88 Å². The van der Waals surface area contributed by atoms with E-state index in [2.05, 4.69) is 19.9 Å². The van der Waals surface area contributed by atoms with Crippen LogP contribution in [0.2, 0.25) is 0 Å². The normalized spacial score (nSPS) is 11.0. The van der Waals surface area contributed by atoms with Gasteiger partial charge in [-0.2, -0.15) is 0 Å². The van der Waals surface area contributed by atoms with Gasteiger partial charge in [0.25, 0.3) is 5.91 Å². The smallest absolute Gasteiger partial charge is 0.267 e. The highest BCUT2D eigenvalue weighted by atomic mass is 32.1. The van der Waals surface area contributed by atoms with Crippen molar-refractivity contribution in [1.82, 2.24) is 14.5 Å². The second-order valence-electron chi connectivity index (χ2n) is 5.78. The zero-order valence-corrected chi connectivity index (χ0v) is 14.7. The van der Waals surface area contributed by atoms with Crippen molar-refractivity contribution in [1.29, 1.82) is 0 Å². The third-order valence-electron chi connectivity index (χ3n) is 3.98. The predicted octanol–water partition coefficient (Wildman–Crippen LogP) is 4.35. The molecule has 4 rings (SSSR count). The fraction of sp³-hybridized carbons (Fsp3) is 0.105. The van der Waals surface area contributed by atoms with Crippen LogP contribution < -0.4 is 5.32 Å². The van der Waals surface area contributed by atoms with Crippen LogP contribution in [-0.2, 0) is 0 Å². The summed E-state index contributed by atoms with van der Waals surface area (Å²) >= 11 is 1.39. The molecule has 5 nitrogen and oxygen atoms in total. The molecule has 0 atom stereocenters. The summed E-state index contributed by atoms with van der Waals surface area (Å²) in [5.41, 5.74) is 3.83. The van der Waals surface area contributed by atoms with Gasteiger partial charge in [0.05, 0.1) is 22.4 Å². The number of nitrogens with one attached hydrogen (secondary N) is 1. The van der Waals surface area contributed by atoms with E-state index in [4.69, 9.17) is 0 Å². The van der Waals surface area contributed by atoms with Crippen LogP contribution in [0.25, 0.3) is 16.6 Å². The Labute approximate surface area is 149 Å². The minimum absolute atomic E-state index is 0.134. The molecule has 0 saturated heterocycles. The fourth-order valence-electron chi connectivity index (χ4n) is 2.83. The van der Waals surface area contributed by atoms with Crippen molar-refractivity contribution in [3.63, 3.8) is 0 Å². The number of aryl methyl sites for hydroxylation is 2. The van der Waals surface area contributed by atoms with Gasteiger partial charge in [-0.3, -0.25) is 9.78 Å². The van der Waals surface area contributed by atoms with E-state index >= 15 is 0 Å². The number of rotatable bonds is 3. The first-order chi connectivity index (χ1) is 12.1. The van der Waals surface area contributed by atoms with E-state index in [0.29, 0.717) is 4.88 Å². The number of aromatic nitrogens is 3. The molecule has 1 aromatic carbocycles. The third kappa shape index (κ3) is 2.92. The monoisotopic (exact) mass is 348 g/mol. The lowest BCUT2D eigenvalue weighted by atomic mass is 10.2. The topological polar surface area (TPSA) is 59.8 Å². The maximum atomic E-state index is 12.4. The lowest BCUT2D eigenvalue weighted by Crippen LogP contribution is -2.10. The van der Waals surface area contributed by atoms with Crippen LogP contribution in [-0.4, -0.2) is 20.4 Å². The summed E-state index contributed by atoms with van der Waals surface area (Å²) in [4.78, 5) is 21.4. The summed E-state index contributed by atoms with van der Waals surface area (Å²) in [6.45, 7) is 3.86. The van der Waals surface area contributed by atoms with Gasteiger partial charge in [0.1, 0.15) is 4.88 Å². The molecular formula is C19H16N4OS. The first-order valence-electron chi connectivity index (χ1n) is 7.89. The second-order valence-corrected chi connectivity index (χ2v) is 7.01. The SMILES string of the molecule is Cc1cc(-n2ccc3c(NC(=O)c4cnc(C)s4)cccc32)ccn1. The van der Waals surface area contributed by atoms with Gasteiger partial charge in [-0.15, -0.1) is 11.3 Å². The number of hydrogen-bond acceptors (Lipinski definition) is 4. The molecule has 0 aliphatic heterocycles. The Bertz CT molecular complexity index is 1080. The quantitative estimate of drug-likeness (QED) is 0.599. The molecule has 0 aliphatic rings. The number of carbonyl (C=O) groups is 1. The summed E-state index contributed by atoms with van der Waals surface area (Å²) in [7, 11) is 0. The van der Waals surface area contributed by atoms with Crippen LogP contribution in [0.4, 0.5) is 5.69 Å². The lowest BCUT2D eigenvalue weighted by Gasteiger charge is -2.08. The van der Waals surface area contributed by atoms with Gasteiger partial charge in [-0.25, -0.2) is 4.98 Å². The predicted molar refractivity (Wildman–Crippen MR) is 101 cm³/mol. The van der Waals surface area contributed by atoms with Gasteiger partial charge >= 0.3 is 0 Å². The summed E-state index contributed by atoms with van der Waals surface area (Å²) in [5.74, 6) is -0.134. The first-order valence-corrected chi connectivity index (χ1v) is 8.70. The molecular weight excluding hydrogens is 332 g/mol. The van der Waals surface area contributed by atoms with Crippen LogP contribution in [0.3, 0.4) is 0 Å². The highest BCUT2D eigenvalue weighted by Crippen LogP contribution is 2.28. The zero-order valence-electron chi connectivity index (χ0n) is 13.9. The van der Waals surface area contributed by atoms with E-state index in [0.717, 1.165) is 33.0 Å². The number of nitrogens with zero attached hydrogens (tertiary/aromatic N) is 3. The Morgan fingerprint density at radius 1 is 1.16 bits per heavy atom. The molecule has 1 amide bonds. The van der Waals surface area contributed by atoms with Crippen molar-refractivity contribution in [3.05, 3.63) is 70.6 Å². The molecule has 0 unspecified atom stereocenters. The van der Waals surface area contributed by atoms with Gasteiger partial charge in [-0.05, 0) is 44.2 Å². The summed E-state index contributed by atoms with van der Waals surface area (Å²) in [6, 6.07) is 11.9. The molecule has 6 heteroatoms. The molecule has 25 heavy (non-hydrogen) atoms. The molecule has 4 aromatic rings. The number of benzene rings is 1. The highest BCUT2D eigenvalue weighted by molar-refractivity contribution is 7.13. The molecule has 0 fully saturated rings. The molecule has 124 valence electrons. The molecule has 3 aromatic heterocycles. The average Bonchev–Trinajstić information content (AvgIpc) is 3.22. The van der Waals surface area contributed by atoms with E-state index in [-0.39, 0.29) is 5.91 Å². The Morgan fingerprint density at radius 3 is 2.80 bits per heavy atom. The van der Waals surface area contributed by atoms with Crippen LogP contribution in [0, 0.1) is 13.8 Å². The van der Waals surface area contributed by atoms with E-state index in [1.165, 1.54) is 11.3 Å². The number of fused-ring (bicyclic) bond motifs is 1. The van der Waals surface area contributed by atoms with Gasteiger partial charge in [-0.1, -0.05) is 6.07 Å². The van der Waals surface area contributed by atoms with E-state index < -0.39 is 0 Å². The summed E-state index contributed by atoms with van der Waals surface area (Å²) < 4.78 is 2.09. The first kappa shape index (κ1) is 15.5. The largest absolute Gasteiger partial charge is 0.321 e. The number of pyridine rings is 1. The standard InChI is InChI=1S/C19H16N4OS/c1-12-10-14(6-8-20-12)23-9-7-15-16(4-3-5-17(15)23)22-19(24)18-11-21-13(2)25-18/h3-11H,1-2H3,(H,22,24). The molecule has 0 aliphatic carbocycles. The number of amides is 1. The van der Waals surface area contributed by atoms with E-state index in [1.54, 1.807) is 12.4 Å². The van der Waals surface area contributed by atoms with Crippen LogP contribution >= 0.6 is 11.3 Å². The maximum Gasteiger partial charge on any atom is 0.267 e. The summed E-state index contributed by atoms with van der Waals surface area (Å²) in [5, 5.41) is 4.87. The van der Waals surface area contributed by atoms with Crippen molar-refractivity contribution in [2.75, 3.05) is 5.32 Å². The molecule has 0 spiro atoms. The third-order valence-corrected chi connectivity index (χ3v) is 4.90. The molecule has 0 radical (unpaired) electrons. The maximum absolute atomic E-state index is 12.4. The minimum atomic E-state index is -0.134. The molecule has 0 bridgehead atoms. The number of anilines is 1. The zero-order chi connectivity index (χ0) is 17.4. The number of thiazole rings is 1. The second kappa shape index (κ2) is 6.14. The average molecular weight is 348 g/mol. The van der Waals surface area contributed by atoms with Crippen molar-refractivity contribution >= 4 is 33.8 Å². The van der Waals surface area contributed by atoms with Crippen molar-refractivity contribution < 1.29 is 4.79 Å². The highest BCUT2D eigenvalue weighted by Gasteiger charge is 2.13. The number of carbonyl (C=O) groups excluding carboxylic acids is 1. The molecule has 3 heterocycles. The fourth-order valence-corrected chi connectivity index (χ4v) is 3.51. The van der Waals surface area contributed by atoms with Crippen LogP contribution in [0.1, 0.15) is 20.4 Å². The molecule has 0 saturated carbocycles. The number of hydrogen-bond donors (Lipinski definition) is 1. The van der Waals surface area contributed by atoms with Gasteiger partial charge in [0.15, 0.2) is 0 Å². The minimum Gasteiger partial charge on any atom is -0.321 e. The Kier molecular flexibility index (Phi) is 3.82. The van der Waals surface area contributed by atoms with Crippen molar-refractivity contribution in [3.8, 4) is 5.69 Å². The lowest BCUT2D eigenvalue weighted by molar-refractivity contribution is 0.103. The van der Waals surface area contributed by atoms with Gasteiger partial charge in [0, 0.05) is 29.2 Å². The Hall–Kier alpha value is -2.99. The van der Waals surface area contributed by atoms with Crippen molar-refractivity contribution in [2.24, 2.45) is 0 Å². The Balaban J connectivity index is 1.73.